The van der Waals surface area contributed by atoms with Crippen LogP contribution in [0.5, 0.6) is 0 Å². The van der Waals surface area contributed by atoms with Crippen molar-refractivity contribution in [3.63, 3.8) is 0 Å². The lowest BCUT2D eigenvalue weighted by atomic mass is 9.93. The van der Waals surface area contributed by atoms with Gasteiger partial charge in [-0.25, -0.2) is 9.59 Å². The summed E-state index contributed by atoms with van der Waals surface area (Å²) in [5, 5.41) is -0.572. The first-order chi connectivity index (χ1) is 22.4. The van der Waals surface area contributed by atoms with E-state index in [1.54, 1.807) is 71.0 Å². The van der Waals surface area contributed by atoms with Crippen molar-refractivity contribution >= 4 is 44.7 Å². The molecular weight excluding hydrogens is 670 g/mol. The molecule has 0 aliphatic heterocycles. The zero-order valence-corrected chi connectivity index (χ0v) is 29.8. The molecule has 3 aromatic carbocycles. The van der Waals surface area contributed by atoms with E-state index in [9.17, 15) is 36.4 Å². The van der Waals surface area contributed by atoms with Crippen LogP contribution in [-0.4, -0.2) is 52.2 Å². The first-order valence-corrected chi connectivity index (χ1v) is 16.3. The molecule has 0 radical (unpaired) electrons. The number of allylic oxidation sites excluding steroid dienone is 1. The third-order valence-electron chi connectivity index (χ3n) is 6.85. The van der Waals surface area contributed by atoms with Gasteiger partial charge >= 0.3 is 11.9 Å². The first kappa shape index (κ1) is 41.8. The van der Waals surface area contributed by atoms with Crippen LogP contribution in [0.15, 0.2) is 65.1 Å². The van der Waals surface area contributed by atoms with E-state index in [1.165, 1.54) is 33.3 Å². The van der Waals surface area contributed by atoms with Crippen molar-refractivity contribution in [2.45, 2.75) is 59.8 Å². The van der Waals surface area contributed by atoms with Gasteiger partial charge in [-0.3, -0.25) is 13.8 Å². The van der Waals surface area contributed by atoms with Crippen molar-refractivity contribution in [2.24, 2.45) is 0 Å². The van der Waals surface area contributed by atoms with E-state index in [4.69, 9.17) is 11.6 Å². The maximum absolute atomic E-state index is 12.7. The van der Waals surface area contributed by atoms with E-state index >= 15 is 0 Å². The van der Waals surface area contributed by atoms with Crippen LogP contribution in [0.4, 0.5) is 8.78 Å². The number of ketones is 1. The van der Waals surface area contributed by atoms with Gasteiger partial charge in [0.1, 0.15) is 0 Å². The molecule has 260 valence electrons. The number of aryl methyl sites for hydroxylation is 5. The van der Waals surface area contributed by atoms with Crippen LogP contribution in [0.25, 0.3) is 0 Å². The van der Waals surface area contributed by atoms with Gasteiger partial charge in [-0.1, -0.05) is 36.8 Å². The van der Waals surface area contributed by atoms with E-state index in [2.05, 4.69) is 13.7 Å². The highest BCUT2D eigenvalue weighted by molar-refractivity contribution is 7.86. The second-order valence-corrected chi connectivity index (χ2v) is 12.3. The Morgan fingerprint density at radius 3 is 1.48 bits per heavy atom. The predicted octanol–water partition coefficient (Wildman–Crippen LogP) is 8.02. The van der Waals surface area contributed by atoms with E-state index < -0.39 is 44.7 Å². The highest BCUT2D eigenvalue weighted by Gasteiger charge is 2.21. The minimum atomic E-state index is -3.53. The van der Waals surface area contributed by atoms with Crippen molar-refractivity contribution in [1.82, 2.24) is 0 Å². The topological polar surface area (TPSA) is 130 Å². The zero-order valence-electron chi connectivity index (χ0n) is 28.2. The van der Waals surface area contributed by atoms with Crippen LogP contribution >= 0.6 is 11.6 Å². The molecule has 3 rings (SSSR count). The smallest absolute Gasteiger partial charge is 0.338 e. The molecule has 0 heterocycles. The number of benzene rings is 3. The van der Waals surface area contributed by atoms with Gasteiger partial charge in [-0.2, -0.15) is 17.2 Å². The van der Waals surface area contributed by atoms with Gasteiger partial charge in [-0.15, -0.1) is 0 Å². The largest absolute Gasteiger partial charge is 0.465 e. The lowest BCUT2D eigenvalue weighted by Gasteiger charge is -2.11. The quantitative estimate of drug-likeness (QED) is 0.0713. The Kier molecular flexibility index (Phi) is 16.5. The summed E-state index contributed by atoms with van der Waals surface area (Å²) in [7, 11) is -1.01. The summed E-state index contributed by atoms with van der Waals surface area (Å²) >= 11 is 5.39. The Balaban J connectivity index is 0.000000370. The molecule has 0 amide bonds. The first-order valence-electron chi connectivity index (χ1n) is 14.5. The maximum atomic E-state index is 12.7. The number of esters is 2. The predicted molar refractivity (Wildman–Crippen MR) is 179 cm³/mol. The summed E-state index contributed by atoms with van der Waals surface area (Å²) in [5.74, 6) is -1.82. The SMILES string of the molecule is CCC(C(=O)c1cc(C(=O)OC)c(C)cc1C)=C(F)F.CCOS(=O)(=O)c1ccc(C)cc1.COC(=O)c1cc(C(=O)Cl)c(C)cc1C. The van der Waals surface area contributed by atoms with Crippen molar-refractivity contribution in [3.05, 3.63) is 110 Å². The fourth-order valence-corrected chi connectivity index (χ4v) is 5.41. The molecule has 0 N–H and O–H groups in total. The molecule has 0 spiro atoms. The Labute approximate surface area is 285 Å². The number of Topliss-reactive ketones (excluding diaryl/α,β-unsaturated/α-hetero) is 1. The molecule has 0 atom stereocenters. The molecule has 0 unspecified atom stereocenters. The number of hydrogen-bond acceptors (Lipinski definition) is 9. The number of carbonyl (C=O) groups is 4. The third-order valence-corrected chi connectivity index (χ3v) is 8.45. The van der Waals surface area contributed by atoms with Crippen molar-refractivity contribution in [2.75, 3.05) is 20.8 Å². The number of ether oxygens (including phenoxy) is 2. The molecule has 9 nitrogen and oxygen atoms in total. The lowest BCUT2D eigenvalue weighted by molar-refractivity contribution is 0.0590. The second-order valence-electron chi connectivity index (χ2n) is 10.3. The number of carbonyl (C=O) groups excluding carboxylic acids is 4. The minimum absolute atomic E-state index is 0.0674. The molecule has 0 fully saturated rings. The fraction of sp³-hybridized carbons (Fsp3) is 0.314. The average molecular weight is 709 g/mol. The minimum Gasteiger partial charge on any atom is -0.465 e. The molecule has 48 heavy (non-hydrogen) atoms. The summed E-state index contributed by atoms with van der Waals surface area (Å²) in [6.45, 7) is 12.1. The summed E-state index contributed by atoms with van der Waals surface area (Å²) in [6.07, 6.45) is -2.06. The summed E-state index contributed by atoms with van der Waals surface area (Å²) in [4.78, 5) is 46.3. The normalized spacial score (nSPS) is 10.4. The van der Waals surface area contributed by atoms with E-state index in [0.29, 0.717) is 22.3 Å². The zero-order chi connectivity index (χ0) is 36.9. The van der Waals surface area contributed by atoms with E-state index in [1.807, 2.05) is 6.92 Å². The Bertz CT molecular complexity index is 1800. The Morgan fingerprint density at radius 2 is 1.10 bits per heavy atom. The number of hydrogen-bond donors (Lipinski definition) is 0. The van der Waals surface area contributed by atoms with Crippen LogP contribution < -0.4 is 0 Å². The number of halogens is 3. The highest BCUT2D eigenvalue weighted by atomic mass is 35.5. The van der Waals surface area contributed by atoms with Crippen LogP contribution in [0, 0.1) is 34.6 Å². The summed E-state index contributed by atoms with van der Waals surface area (Å²) in [5.41, 5.74) is 4.19. The summed E-state index contributed by atoms with van der Waals surface area (Å²) < 4.78 is 62.0. The van der Waals surface area contributed by atoms with Gasteiger partial charge in [0.25, 0.3) is 21.4 Å². The highest BCUT2D eigenvalue weighted by Crippen LogP contribution is 2.24. The van der Waals surface area contributed by atoms with Gasteiger partial charge in [0, 0.05) is 11.1 Å². The monoisotopic (exact) mass is 708 g/mol. The molecule has 3 aromatic rings. The standard InChI is InChI=1S/C15H16F2O3.C11H11ClO3.C9H12O3S/c1-5-10(14(16)17)13(18)11-7-12(15(19)20-4)9(3)6-8(11)2;1-6-4-7(2)9(11(14)15-3)5-8(6)10(12)13;1-3-12-13(10,11)9-6-4-8(2)5-7-9/h6-7H,5H2,1-4H3;4-5H,1-3H3;4-7H,3H2,1-2H3. The van der Waals surface area contributed by atoms with Crippen molar-refractivity contribution in [3.8, 4) is 0 Å². The molecule has 0 bridgehead atoms. The molecule has 0 saturated carbocycles. The van der Waals surface area contributed by atoms with E-state index in [-0.39, 0.29) is 29.1 Å². The fourth-order valence-electron chi connectivity index (χ4n) is 4.29. The van der Waals surface area contributed by atoms with Crippen molar-refractivity contribution < 1.29 is 50.0 Å². The molecule has 13 heteroatoms. The summed E-state index contributed by atoms with van der Waals surface area (Å²) in [6, 6.07) is 12.7. The molecule has 0 saturated heterocycles. The van der Waals surface area contributed by atoms with Crippen molar-refractivity contribution in [1.29, 1.82) is 0 Å². The molecule has 0 aliphatic rings. The molecular formula is C35H39ClF2O9S. The lowest BCUT2D eigenvalue weighted by Crippen LogP contribution is -2.11. The van der Waals surface area contributed by atoms with Gasteiger partial charge < -0.3 is 9.47 Å². The molecule has 0 aliphatic carbocycles. The maximum Gasteiger partial charge on any atom is 0.338 e. The number of methoxy groups -OCH3 is 2. The van der Waals surface area contributed by atoms with Gasteiger partial charge in [0.15, 0.2) is 5.78 Å². The Morgan fingerprint density at radius 1 is 0.688 bits per heavy atom. The van der Waals surface area contributed by atoms with Crippen LogP contribution in [-0.2, 0) is 23.8 Å². The Hall–Kier alpha value is -4.26. The van der Waals surface area contributed by atoms with Crippen LogP contribution in [0.2, 0.25) is 0 Å². The van der Waals surface area contributed by atoms with Gasteiger partial charge in [0.05, 0.1) is 42.4 Å². The average Bonchev–Trinajstić information content (AvgIpc) is 3.01. The van der Waals surface area contributed by atoms with Crippen LogP contribution in [0.1, 0.15) is 89.5 Å². The van der Waals surface area contributed by atoms with Gasteiger partial charge in [0.2, 0.25) is 0 Å². The molecule has 0 aromatic heterocycles. The van der Waals surface area contributed by atoms with E-state index in [0.717, 1.165) is 16.7 Å². The number of rotatable bonds is 9. The third kappa shape index (κ3) is 11.5. The second kappa shape index (κ2) is 18.9. The van der Waals surface area contributed by atoms with Gasteiger partial charge in [-0.05, 0) is 106 Å². The van der Waals surface area contributed by atoms with Crippen LogP contribution in [0.3, 0.4) is 0 Å².